The molecule has 1 aromatic heterocycles. The average Bonchev–Trinajstić information content (AvgIpc) is 3.48. The third kappa shape index (κ3) is 4.36. The number of likely N-dealkylation sites (tertiary alicyclic amines) is 1. The van der Waals surface area contributed by atoms with E-state index in [0.29, 0.717) is 11.3 Å². The van der Waals surface area contributed by atoms with Crippen molar-refractivity contribution < 1.29 is 9.59 Å². The van der Waals surface area contributed by atoms with Gasteiger partial charge in [0.25, 0.3) is 5.91 Å². The fraction of sp³-hybridized carbons (Fsp3) is 0.280. The van der Waals surface area contributed by atoms with E-state index in [9.17, 15) is 9.59 Å². The summed E-state index contributed by atoms with van der Waals surface area (Å²) in [5.41, 5.74) is 3.31. The van der Waals surface area contributed by atoms with E-state index in [1.54, 1.807) is 12.3 Å². The lowest BCUT2D eigenvalue weighted by Gasteiger charge is -2.28. The molecule has 1 saturated heterocycles. The maximum Gasteiger partial charge on any atom is 0.270 e. The Bertz CT molecular complexity index is 952. The molecule has 1 N–H and O–H groups in total. The maximum absolute atomic E-state index is 13.0. The molecule has 0 aliphatic carbocycles. The number of nitrogens with zero attached hydrogens (tertiary/aromatic N) is 2. The van der Waals surface area contributed by atoms with Gasteiger partial charge in [-0.3, -0.25) is 14.5 Å². The van der Waals surface area contributed by atoms with Gasteiger partial charge in [0.15, 0.2) is 5.78 Å². The van der Waals surface area contributed by atoms with Crippen molar-refractivity contribution in [1.82, 2.24) is 14.8 Å². The summed E-state index contributed by atoms with van der Waals surface area (Å²) in [5, 5.41) is 0. The second-order valence-corrected chi connectivity index (χ2v) is 7.86. The van der Waals surface area contributed by atoms with E-state index >= 15 is 0 Å². The number of ketones is 1. The van der Waals surface area contributed by atoms with Crippen molar-refractivity contribution in [2.75, 3.05) is 26.7 Å². The van der Waals surface area contributed by atoms with E-state index < -0.39 is 0 Å². The number of Topliss-reactive ketones (excluding diaryl/α,β-unsaturated/α-hetero) is 1. The molecule has 154 valence electrons. The van der Waals surface area contributed by atoms with E-state index in [1.165, 1.54) is 0 Å². The molecule has 2 aromatic carbocycles. The lowest BCUT2D eigenvalue weighted by atomic mass is 9.97. The van der Waals surface area contributed by atoms with E-state index in [0.717, 1.165) is 37.1 Å². The normalized spacial score (nSPS) is 13.9. The van der Waals surface area contributed by atoms with Crippen molar-refractivity contribution in [3.63, 3.8) is 0 Å². The SMILES string of the molecule is CN(CC(=O)c1c[nH]c(C(=O)N2CCCC2)c1)C(c1ccccc1)c1ccccc1. The van der Waals surface area contributed by atoms with E-state index in [-0.39, 0.29) is 24.3 Å². The molecular formula is C25H27N3O2. The molecule has 5 heteroatoms. The zero-order valence-corrected chi connectivity index (χ0v) is 17.3. The summed E-state index contributed by atoms with van der Waals surface area (Å²) in [6.07, 6.45) is 3.74. The zero-order valence-electron chi connectivity index (χ0n) is 17.3. The van der Waals surface area contributed by atoms with Gasteiger partial charge < -0.3 is 9.88 Å². The Kier molecular flexibility index (Phi) is 6.10. The fourth-order valence-corrected chi connectivity index (χ4v) is 4.15. The van der Waals surface area contributed by atoms with Crippen molar-refractivity contribution in [2.45, 2.75) is 18.9 Å². The number of aromatic amines is 1. The number of amides is 1. The largest absolute Gasteiger partial charge is 0.356 e. The lowest BCUT2D eigenvalue weighted by molar-refractivity contribution is 0.0787. The number of hydrogen-bond donors (Lipinski definition) is 1. The summed E-state index contributed by atoms with van der Waals surface area (Å²) >= 11 is 0. The second-order valence-electron chi connectivity index (χ2n) is 7.86. The zero-order chi connectivity index (χ0) is 20.9. The van der Waals surface area contributed by atoms with Gasteiger partial charge in [-0.2, -0.15) is 0 Å². The second kappa shape index (κ2) is 9.09. The van der Waals surface area contributed by atoms with Gasteiger partial charge >= 0.3 is 0 Å². The minimum atomic E-state index is -0.0269. The van der Waals surface area contributed by atoms with Crippen molar-refractivity contribution in [1.29, 1.82) is 0 Å². The van der Waals surface area contributed by atoms with Gasteiger partial charge in [0.1, 0.15) is 5.69 Å². The van der Waals surface area contributed by atoms with Crippen LogP contribution in [0.2, 0.25) is 0 Å². The van der Waals surface area contributed by atoms with E-state index in [2.05, 4.69) is 34.1 Å². The number of nitrogens with one attached hydrogen (secondary N) is 1. The Hall–Kier alpha value is -3.18. The van der Waals surface area contributed by atoms with Crippen LogP contribution in [0.3, 0.4) is 0 Å². The number of carbonyl (C=O) groups excluding carboxylic acids is 2. The molecule has 5 nitrogen and oxygen atoms in total. The first-order valence-electron chi connectivity index (χ1n) is 10.4. The van der Waals surface area contributed by atoms with Gasteiger partial charge in [0.2, 0.25) is 0 Å². The molecule has 0 saturated carbocycles. The number of benzene rings is 2. The molecule has 0 bridgehead atoms. The molecule has 0 spiro atoms. The fourth-order valence-electron chi connectivity index (χ4n) is 4.15. The highest BCUT2D eigenvalue weighted by atomic mass is 16.2. The van der Waals surface area contributed by atoms with Gasteiger partial charge in [0.05, 0.1) is 12.6 Å². The topological polar surface area (TPSA) is 56.4 Å². The highest BCUT2D eigenvalue weighted by molar-refractivity contribution is 6.01. The molecule has 1 fully saturated rings. The van der Waals surface area contributed by atoms with Crippen LogP contribution in [0.25, 0.3) is 0 Å². The summed E-state index contributed by atoms with van der Waals surface area (Å²) < 4.78 is 0. The molecule has 3 aromatic rings. The van der Waals surface area contributed by atoms with Crippen molar-refractivity contribution in [3.05, 3.63) is 95.3 Å². The smallest absolute Gasteiger partial charge is 0.270 e. The van der Waals surface area contributed by atoms with Gasteiger partial charge in [-0.1, -0.05) is 60.7 Å². The van der Waals surface area contributed by atoms with Crippen LogP contribution in [-0.4, -0.2) is 53.2 Å². The lowest BCUT2D eigenvalue weighted by Crippen LogP contribution is -2.31. The van der Waals surface area contributed by atoms with Crippen LogP contribution in [0.5, 0.6) is 0 Å². The molecule has 0 atom stereocenters. The molecule has 0 radical (unpaired) electrons. The highest BCUT2D eigenvalue weighted by Crippen LogP contribution is 2.27. The Morgan fingerprint density at radius 3 is 2.10 bits per heavy atom. The first-order chi connectivity index (χ1) is 14.6. The average molecular weight is 402 g/mol. The molecule has 0 unspecified atom stereocenters. The predicted molar refractivity (Wildman–Crippen MR) is 118 cm³/mol. The van der Waals surface area contributed by atoms with Crippen molar-refractivity contribution in [3.8, 4) is 0 Å². The summed E-state index contributed by atoms with van der Waals surface area (Å²) in [7, 11) is 1.96. The van der Waals surface area contributed by atoms with E-state index in [1.807, 2.05) is 48.3 Å². The third-order valence-corrected chi connectivity index (χ3v) is 5.69. The molecular weight excluding hydrogens is 374 g/mol. The number of H-pyrrole nitrogens is 1. The Labute approximate surface area is 177 Å². The number of hydrogen-bond acceptors (Lipinski definition) is 3. The first-order valence-corrected chi connectivity index (χ1v) is 10.4. The summed E-state index contributed by atoms with van der Waals surface area (Å²) in [4.78, 5) is 32.4. The summed E-state index contributed by atoms with van der Waals surface area (Å²) in [6.45, 7) is 1.84. The maximum atomic E-state index is 13.0. The van der Waals surface area contributed by atoms with Crippen LogP contribution < -0.4 is 0 Å². The van der Waals surface area contributed by atoms with Crippen LogP contribution in [0.15, 0.2) is 72.9 Å². The van der Waals surface area contributed by atoms with Gasteiger partial charge in [-0.25, -0.2) is 0 Å². The Morgan fingerprint density at radius 2 is 1.53 bits per heavy atom. The third-order valence-electron chi connectivity index (χ3n) is 5.69. The van der Waals surface area contributed by atoms with Crippen LogP contribution in [0.1, 0.15) is 50.9 Å². The number of rotatable bonds is 7. The summed E-state index contributed by atoms with van der Waals surface area (Å²) in [5.74, 6) is -0.0302. The Morgan fingerprint density at radius 1 is 0.967 bits per heavy atom. The van der Waals surface area contributed by atoms with Crippen LogP contribution in [-0.2, 0) is 0 Å². The molecule has 1 aliphatic heterocycles. The molecule has 2 heterocycles. The molecule has 1 amide bonds. The molecule has 4 rings (SSSR count). The standard InChI is InChI=1S/C25H27N3O2/c1-27(24(19-10-4-2-5-11-19)20-12-6-3-7-13-20)18-23(29)21-16-22(26-17-21)25(30)28-14-8-9-15-28/h2-7,10-13,16-17,24,26H,8-9,14-15,18H2,1H3. The van der Waals surface area contributed by atoms with E-state index in [4.69, 9.17) is 0 Å². The predicted octanol–water partition coefficient (Wildman–Crippen LogP) is 4.15. The Balaban J connectivity index is 1.51. The monoisotopic (exact) mass is 401 g/mol. The minimum absolute atomic E-state index is 0.00826. The van der Waals surface area contributed by atoms with Crippen LogP contribution in [0.4, 0.5) is 0 Å². The minimum Gasteiger partial charge on any atom is -0.356 e. The molecule has 30 heavy (non-hydrogen) atoms. The number of carbonyl (C=O) groups is 2. The van der Waals surface area contributed by atoms with Gasteiger partial charge in [-0.15, -0.1) is 0 Å². The molecule has 1 aliphatic rings. The highest BCUT2D eigenvalue weighted by Gasteiger charge is 2.24. The van der Waals surface area contributed by atoms with Crippen molar-refractivity contribution in [2.24, 2.45) is 0 Å². The van der Waals surface area contributed by atoms with Crippen molar-refractivity contribution >= 4 is 11.7 Å². The number of likely N-dealkylation sites (N-methyl/N-ethyl adjacent to an activating group) is 1. The first kappa shape index (κ1) is 20.1. The van der Waals surface area contributed by atoms with Crippen LogP contribution >= 0.6 is 0 Å². The summed E-state index contributed by atoms with van der Waals surface area (Å²) in [6, 6.07) is 22.1. The quantitative estimate of drug-likeness (QED) is 0.605. The van der Waals surface area contributed by atoms with Crippen LogP contribution in [0, 0.1) is 0 Å². The van der Waals surface area contributed by atoms with Gasteiger partial charge in [0, 0.05) is 24.8 Å². The van der Waals surface area contributed by atoms with Gasteiger partial charge in [-0.05, 0) is 37.1 Å². The number of aromatic nitrogens is 1.